The Morgan fingerprint density at radius 3 is 2.95 bits per heavy atom. The summed E-state index contributed by atoms with van der Waals surface area (Å²) in [4.78, 5) is 4.12. The molecule has 1 N–H and O–H groups in total. The van der Waals surface area contributed by atoms with Crippen LogP contribution in [0.25, 0.3) is 0 Å². The largest absolute Gasteiger partial charge is 0.339 e. The van der Waals surface area contributed by atoms with Crippen LogP contribution in [-0.4, -0.2) is 16.7 Å². The van der Waals surface area contributed by atoms with Crippen LogP contribution < -0.4 is 5.32 Å². The van der Waals surface area contributed by atoms with Gasteiger partial charge in [0.15, 0.2) is 5.82 Å². The van der Waals surface area contributed by atoms with E-state index in [2.05, 4.69) is 21.5 Å². The van der Waals surface area contributed by atoms with Crippen LogP contribution in [0.15, 0.2) is 22.7 Å². The fraction of sp³-hybridized carbons (Fsp3) is 0.308. The quantitative estimate of drug-likeness (QED) is 0.848. The van der Waals surface area contributed by atoms with Gasteiger partial charge in [0.1, 0.15) is 0 Å². The minimum absolute atomic E-state index is 0.565. The number of nitriles is 1. The van der Waals surface area contributed by atoms with Crippen molar-refractivity contribution in [3.8, 4) is 6.07 Å². The summed E-state index contributed by atoms with van der Waals surface area (Å²) in [6.07, 6.45) is 0.675. The lowest BCUT2D eigenvalue weighted by molar-refractivity contribution is 0.372. The summed E-state index contributed by atoms with van der Waals surface area (Å²) in [5.41, 5.74) is 1.53. The van der Waals surface area contributed by atoms with E-state index in [9.17, 15) is 0 Å². The predicted molar refractivity (Wildman–Crippen MR) is 70.6 cm³/mol. The fourth-order valence-electron chi connectivity index (χ4n) is 1.62. The van der Waals surface area contributed by atoms with Crippen LogP contribution >= 0.6 is 11.6 Å². The standard InChI is InChI=1S/C13H13ClN4O/c1-9-17-13(19-18-9)4-5-16-8-11-3-2-10(7-15)6-12(11)14/h2-3,6,16H,4-5,8H2,1H3. The third-order valence-electron chi connectivity index (χ3n) is 2.58. The molecule has 98 valence electrons. The number of rotatable bonds is 5. The summed E-state index contributed by atoms with van der Waals surface area (Å²) >= 11 is 6.08. The Hall–Kier alpha value is -1.90. The van der Waals surface area contributed by atoms with Crippen molar-refractivity contribution in [3.63, 3.8) is 0 Å². The molecule has 5 nitrogen and oxygen atoms in total. The van der Waals surface area contributed by atoms with Gasteiger partial charge in [0.05, 0.1) is 11.6 Å². The first-order chi connectivity index (χ1) is 9.19. The molecule has 6 heteroatoms. The van der Waals surface area contributed by atoms with E-state index in [0.29, 0.717) is 35.3 Å². The molecular weight excluding hydrogens is 264 g/mol. The Morgan fingerprint density at radius 2 is 2.32 bits per heavy atom. The second-order valence-electron chi connectivity index (χ2n) is 4.08. The van der Waals surface area contributed by atoms with Gasteiger partial charge in [0.25, 0.3) is 0 Å². The first-order valence-corrected chi connectivity index (χ1v) is 6.25. The van der Waals surface area contributed by atoms with Gasteiger partial charge in [0, 0.05) is 24.5 Å². The van der Waals surface area contributed by atoms with Crippen LogP contribution in [-0.2, 0) is 13.0 Å². The highest BCUT2D eigenvalue weighted by atomic mass is 35.5. The summed E-state index contributed by atoms with van der Waals surface area (Å²) in [5.74, 6) is 1.26. The molecular formula is C13H13ClN4O. The van der Waals surface area contributed by atoms with Crippen molar-refractivity contribution in [1.82, 2.24) is 15.5 Å². The molecule has 0 unspecified atom stereocenters. The molecule has 0 saturated heterocycles. The number of nitrogens with one attached hydrogen (secondary N) is 1. The van der Waals surface area contributed by atoms with Crippen molar-refractivity contribution in [2.45, 2.75) is 19.9 Å². The van der Waals surface area contributed by atoms with Crippen molar-refractivity contribution in [3.05, 3.63) is 46.1 Å². The van der Waals surface area contributed by atoms with E-state index in [1.165, 1.54) is 0 Å². The van der Waals surface area contributed by atoms with Gasteiger partial charge in [0.2, 0.25) is 5.89 Å². The van der Waals surface area contributed by atoms with Gasteiger partial charge in [-0.25, -0.2) is 0 Å². The number of hydrogen-bond acceptors (Lipinski definition) is 5. The Morgan fingerprint density at radius 1 is 1.47 bits per heavy atom. The maximum Gasteiger partial charge on any atom is 0.227 e. The molecule has 0 aliphatic heterocycles. The third-order valence-corrected chi connectivity index (χ3v) is 2.93. The molecule has 0 bridgehead atoms. The van der Waals surface area contributed by atoms with Crippen molar-refractivity contribution >= 4 is 11.6 Å². The van der Waals surface area contributed by atoms with Gasteiger partial charge >= 0.3 is 0 Å². The van der Waals surface area contributed by atoms with Gasteiger partial charge in [-0.15, -0.1) is 0 Å². The lowest BCUT2D eigenvalue weighted by Gasteiger charge is -2.05. The van der Waals surface area contributed by atoms with Crippen molar-refractivity contribution < 1.29 is 4.52 Å². The molecule has 1 heterocycles. The smallest absolute Gasteiger partial charge is 0.227 e. The zero-order valence-electron chi connectivity index (χ0n) is 10.5. The Balaban J connectivity index is 1.81. The van der Waals surface area contributed by atoms with E-state index < -0.39 is 0 Å². The van der Waals surface area contributed by atoms with E-state index in [1.54, 1.807) is 19.1 Å². The molecule has 0 atom stereocenters. The van der Waals surface area contributed by atoms with Crippen LogP contribution in [0.1, 0.15) is 22.8 Å². The second kappa shape index (κ2) is 6.32. The number of aromatic nitrogens is 2. The molecule has 0 amide bonds. The molecule has 0 radical (unpaired) electrons. The van der Waals surface area contributed by atoms with Gasteiger partial charge in [-0.1, -0.05) is 22.8 Å². The van der Waals surface area contributed by atoms with E-state index in [0.717, 1.165) is 12.1 Å². The first-order valence-electron chi connectivity index (χ1n) is 5.87. The maximum atomic E-state index is 8.75. The number of benzene rings is 1. The Labute approximate surface area is 116 Å². The zero-order chi connectivity index (χ0) is 13.7. The molecule has 2 aromatic rings. The van der Waals surface area contributed by atoms with Crippen LogP contribution in [0, 0.1) is 18.3 Å². The normalized spacial score (nSPS) is 10.4. The minimum Gasteiger partial charge on any atom is -0.339 e. The van der Waals surface area contributed by atoms with Gasteiger partial charge in [-0.3, -0.25) is 0 Å². The van der Waals surface area contributed by atoms with Crippen molar-refractivity contribution in [2.75, 3.05) is 6.54 Å². The first kappa shape index (κ1) is 13.5. The SMILES string of the molecule is Cc1noc(CCNCc2ccc(C#N)cc2Cl)n1. The lowest BCUT2D eigenvalue weighted by atomic mass is 10.1. The van der Waals surface area contributed by atoms with Gasteiger partial charge < -0.3 is 9.84 Å². The van der Waals surface area contributed by atoms with Crippen molar-refractivity contribution in [1.29, 1.82) is 5.26 Å². The van der Waals surface area contributed by atoms with E-state index in [1.807, 2.05) is 6.07 Å². The van der Waals surface area contributed by atoms with Crippen LogP contribution in [0.5, 0.6) is 0 Å². The highest BCUT2D eigenvalue weighted by Crippen LogP contribution is 2.17. The second-order valence-corrected chi connectivity index (χ2v) is 4.49. The third kappa shape index (κ3) is 3.78. The average Bonchev–Trinajstić information content (AvgIpc) is 2.82. The van der Waals surface area contributed by atoms with Crippen molar-refractivity contribution in [2.24, 2.45) is 0 Å². The van der Waals surface area contributed by atoms with Gasteiger partial charge in [-0.2, -0.15) is 10.2 Å². The topological polar surface area (TPSA) is 74.7 Å². The summed E-state index contributed by atoms with van der Waals surface area (Å²) < 4.78 is 5.01. The van der Waals surface area contributed by atoms with Crippen LogP contribution in [0.4, 0.5) is 0 Å². The lowest BCUT2D eigenvalue weighted by Crippen LogP contribution is -2.17. The zero-order valence-corrected chi connectivity index (χ0v) is 11.2. The monoisotopic (exact) mass is 276 g/mol. The van der Waals surface area contributed by atoms with Crippen LogP contribution in [0.3, 0.4) is 0 Å². The number of aryl methyl sites for hydroxylation is 1. The maximum absolute atomic E-state index is 8.75. The van der Waals surface area contributed by atoms with Gasteiger partial charge in [-0.05, 0) is 24.6 Å². The average molecular weight is 277 g/mol. The van der Waals surface area contributed by atoms with E-state index in [-0.39, 0.29) is 0 Å². The number of hydrogen-bond donors (Lipinski definition) is 1. The number of nitrogens with zero attached hydrogens (tertiary/aromatic N) is 3. The fourth-order valence-corrected chi connectivity index (χ4v) is 1.87. The highest BCUT2D eigenvalue weighted by Gasteiger charge is 2.04. The molecule has 2 rings (SSSR count). The van der Waals surface area contributed by atoms with E-state index in [4.69, 9.17) is 21.4 Å². The predicted octanol–water partition coefficient (Wildman–Crippen LogP) is 2.24. The molecule has 19 heavy (non-hydrogen) atoms. The van der Waals surface area contributed by atoms with E-state index >= 15 is 0 Å². The summed E-state index contributed by atoms with van der Waals surface area (Å²) in [6.45, 7) is 3.15. The molecule has 0 spiro atoms. The molecule has 1 aromatic carbocycles. The molecule has 0 aliphatic carbocycles. The highest BCUT2D eigenvalue weighted by molar-refractivity contribution is 6.31. The Bertz CT molecular complexity index is 603. The Kier molecular flexibility index (Phi) is 4.50. The summed E-state index contributed by atoms with van der Waals surface area (Å²) in [7, 11) is 0. The minimum atomic E-state index is 0.565. The molecule has 1 aromatic heterocycles. The molecule has 0 fully saturated rings. The molecule has 0 aliphatic rings. The molecule has 0 saturated carbocycles. The summed E-state index contributed by atoms with van der Waals surface area (Å²) in [6, 6.07) is 7.33. The van der Waals surface area contributed by atoms with Crippen LogP contribution in [0.2, 0.25) is 5.02 Å². The number of halogens is 1. The summed E-state index contributed by atoms with van der Waals surface area (Å²) in [5, 5.41) is 16.3.